The van der Waals surface area contributed by atoms with Crippen LogP contribution >= 0.6 is 23.4 Å². The van der Waals surface area contributed by atoms with Crippen molar-refractivity contribution in [3.8, 4) is 0 Å². The van der Waals surface area contributed by atoms with Gasteiger partial charge in [0.1, 0.15) is 0 Å². The molecule has 1 atom stereocenters. The average molecular weight is 215 g/mol. The minimum absolute atomic E-state index is 0.141. The summed E-state index contributed by atoms with van der Waals surface area (Å²) in [6.07, 6.45) is 0. The Balaban J connectivity index is 2.71. The van der Waals surface area contributed by atoms with Crippen LogP contribution in [0.5, 0.6) is 0 Å². The Labute approximate surface area is 87.5 Å². The Kier molecular flexibility index (Phi) is 3.82. The van der Waals surface area contributed by atoms with E-state index in [0.717, 1.165) is 10.6 Å². The molecule has 0 aliphatic rings. The van der Waals surface area contributed by atoms with Crippen LogP contribution in [-0.2, 0) is 4.79 Å². The van der Waals surface area contributed by atoms with Crippen molar-refractivity contribution < 1.29 is 4.79 Å². The van der Waals surface area contributed by atoms with Crippen LogP contribution in [0.25, 0.3) is 0 Å². The topological polar surface area (TPSA) is 17.1 Å². The van der Waals surface area contributed by atoms with E-state index in [0.29, 0.717) is 0 Å². The van der Waals surface area contributed by atoms with Crippen molar-refractivity contribution >= 4 is 28.5 Å². The van der Waals surface area contributed by atoms with Gasteiger partial charge in [-0.2, -0.15) is 0 Å². The first-order valence-corrected chi connectivity index (χ1v) is 5.28. The van der Waals surface area contributed by atoms with Gasteiger partial charge in [-0.15, -0.1) is 0 Å². The molecule has 0 N–H and O–H groups in total. The molecule has 3 heteroatoms. The predicted molar refractivity (Wildman–Crippen MR) is 58.1 cm³/mol. The van der Waals surface area contributed by atoms with E-state index < -0.39 is 0 Å². The number of benzene rings is 1. The zero-order chi connectivity index (χ0) is 9.84. The summed E-state index contributed by atoms with van der Waals surface area (Å²) in [4.78, 5) is 10.8. The fourth-order valence-electron chi connectivity index (χ4n) is 1.05. The van der Waals surface area contributed by atoms with Gasteiger partial charge in [0, 0.05) is 17.2 Å². The molecule has 0 saturated heterocycles. The van der Waals surface area contributed by atoms with Crippen molar-refractivity contribution in [3.63, 3.8) is 0 Å². The second-order valence-corrected chi connectivity index (χ2v) is 4.76. The van der Waals surface area contributed by atoms with Crippen LogP contribution in [0.2, 0.25) is 5.02 Å². The monoisotopic (exact) mass is 214 g/mol. The van der Waals surface area contributed by atoms with Crippen LogP contribution in [0, 0.1) is 0 Å². The minimum Gasteiger partial charge on any atom is -0.288 e. The van der Waals surface area contributed by atoms with Crippen molar-refractivity contribution in [3.05, 3.63) is 34.9 Å². The Morgan fingerprint density at radius 3 is 2.38 bits per heavy atom. The van der Waals surface area contributed by atoms with E-state index in [4.69, 9.17) is 11.6 Å². The van der Waals surface area contributed by atoms with E-state index >= 15 is 0 Å². The minimum atomic E-state index is 0.141. The lowest BCUT2D eigenvalue weighted by Crippen LogP contribution is -1.91. The Morgan fingerprint density at radius 1 is 1.38 bits per heavy atom. The fourth-order valence-corrected chi connectivity index (χ4v) is 1.97. The molecule has 0 fully saturated rings. The molecule has 1 rings (SSSR count). The van der Waals surface area contributed by atoms with E-state index in [1.54, 1.807) is 6.92 Å². The molecule has 70 valence electrons. The number of carbonyl (C=O) groups is 1. The molecule has 1 unspecified atom stereocenters. The largest absolute Gasteiger partial charge is 0.288 e. The van der Waals surface area contributed by atoms with Gasteiger partial charge in [0.2, 0.25) is 0 Å². The second kappa shape index (κ2) is 4.68. The summed E-state index contributed by atoms with van der Waals surface area (Å²) >= 11 is 7.08. The maximum absolute atomic E-state index is 10.8. The highest BCUT2D eigenvalue weighted by molar-refractivity contribution is 8.13. The van der Waals surface area contributed by atoms with Crippen molar-refractivity contribution in [1.29, 1.82) is 0 Å². The van der Waals surface area contributed by atoms with E-state index in [2.05, 4.69) is 0 Å². The highest BCUT2D eigenvalue weighted by Gasteiger charge is 2.07. The number of carbonyl (C=O) groups excluding carboxylic acids is 1. The molecule has 0 radical (unpaired) electrons. The molecule has 13 heavy (non-hydrogen) atoms. The van der Waals surface area contributed by atoms with E-state index in [1.165, 1.54) is 11.8 Å². The predicted octanol–water partition coefficient (Wildman–Crippen LogP) is 3.68. The smallest absolute Gasteiger partial charge is 0.186 e. The van der Waals surface area contributed by atoms with Gasteiger partial charge in [-0.1, -0.05) is 35.5 Å². The van der Waals surface area contributed by atoms with Crippen LogP contribution in [0.3, 0.4) is 0 Å². The molecule has 1 nitrogen and oxygen atoms in total. The highest BCUT2D eigenvalue weighted by atomic mass is 35.5. The van der Waals surface area contributed by atoms with Crippen LogP contribution in [0.1, 0.15) is 24.7 Å². The number of hydrogen-bond acceptors (Lipinski definition) is 2. The maximum atomic E-state index is 10.8. The van der Waals surface area contributed by atoms with Crippen LogP contribution in [0.15, 0.2) is 24.3 Å². The second-order valence-electron chi connectivity index (χ2n) is 2.80. The molecular weight excluding hydrogens is 204 g/mol. The van der Waals surface area contributed by atoms with Crippen molar-refractivity contribution in [2.24, 2.45) is 0 Å². The van der Waals surface area contributed by atoms with Crippen LogP contribution < -0.4 is 0 Å². The van der Waals surface area contributed by atoms with Crippen molar-refractivity contribution in [1.82, 2.24) is 0 Å². The van der Waals surface area contributed by atoms with E-state index in [9.17, 15) is 4.79 Å². The van der Waals surface area contributed by atoms with Gasteiger partial charge in [0.15, 0.2) is 5.12 Å². The summed E-state index contributed by atoms with van der Waals surface area (Å²) in [5.41, 5.74) is 1.13. The summed E-state index contributed by atoms with van der Waals surface area (Å²) < 4.78 is 0. The molecule has 0 bridgehead atoms. The number of hydrogen-bond donors (Lipinski definition) is 0. The van der Waals surface area contributed by atoms with Gasteiger partial charge in [0.25, 0.3) is 0 Å². The lowest BCUT2D eigenvalue weighted by Gasteiger charge is -2.08. The van der Waals surface area contributed by atoms with Gasteiger partial charge < -0.3 is 0 Å². The molecule has 0 saturated carbocycles. The number of halogens is 1. The lowest BCUT2D eigenvalue weighted by atomic mass is 10.2. The van der Waals surface area contributed by atoms with Crippen molar-refractivity contribution in [2.75, 3.05) is 0 Å². The maximum Gasteiger partial charge on any atom is 0.186 e. The molecule has 0 spiro atoms. The summed E-state index contributed by atoms with van der Waals surface area (Å²) in [7, 11) is 0. The van der Waals surface area contributed by atoms with Gasteiger partial charge >= 0.3 is 0 Å². The molecule has 0 heterocycles. The standard InChI is InChI=1S/C10H11ClOS/c1-7(13-8(2)12)9-3-5-10(11)6-4-9/h3-7H,1-2H3. The lowest BCUT2D eigenvalue weighted by molar-refractivity contribution is -0.109. The van der Waals surface area contributed by atoms with Gasteiger partial charge in [-0.3, -0.25) is 4.79 Å². The van der Waals surface area contributed by atoms with Crippen LogP contribution in [-0.4, -0.2) is 5.12 Å². The zero-order valence-corrected chi connectivity index (χ0v) is 9.15. The SMILES string of the molecule is CC(=O)SC(C)c1ccc(Cl)cc1. The third kappa shape index (κ3) is 3.41. The molecule has 0 aliphatic heterocycles. The molecule has 1 aromatic rings. The average Bonchev–Trinajstić information content (AvgIpc) is 2.04. The van der Waals surface area contributed by atoms with Gasteiger partial charge in [-0.05, 0) is 24.6 Å². The quantitative estimate of drug-likeness (QED) is 0.747. The Hall–Kier alpha value is -0.470. The Morgan fingerprint density at radius 2 is 1.92 bits per heavy atom. The van der Waals surface area contributed by atoms with E-state index in [-0.39, 0.29) is 10.4 Å². The first kappa shape index (κ1) is 10.6. The third-order valence-electron chi connectivity index (χ3n) is 1.68. The Bertz CT molecular complexity index is 294. The van der Waals surface area contributed by atoms with Crippen LogP contribution in [0.4, 0.5) is 0 Å². The first-order chi connectivity index (χ1) is 6.09. The number of rotatable bonds is 2. The summed E-state index contributed by atoms with van der Waals surface area (Å²) in [5, 5.41) is 1.07. The molecule has 0 aromatic heterocycles. The molecule has 1 aromatic carbocycles. The molecular formula is C10H11ClOS. The third-order valence-corrected chi connectivity index (χ3v) is 2.89. The summed E-state index contributed by atoms with van der Waals surface area (Å²) in [6.45, 7) is 3.59. The summed E-state index contributed by atoms with van der Waals surface area (Å²) in [5.74, 6) is 0. The molecule has 0 aliphatic carbocycles. The number of thioether (sulfide) groups is 1. The van der Waals surface area contributed by atoms with Gasteiger partial charge in [0.05, 0.1) is 0 Å². The fraction of sp³-hybridized carbons (Fsp3) is 0.300. The zero-order valence-electron chi connectivity index (χ0n) is 7.58. The first-order valence-electron chi connectivity index (χ1n) is 4.02. The highest BCUT2D eigenvalue weighted by Crippen LogP contribution is 2.28. The molecule has 0 amide bonds. The van der Waals surface area contributed by atoms with Gasteiger partial charge in [-0.25, -0.2) is 0 Å². The van der Waals surface area contributed by atoms with E-state index in [1.807, 2.05) is 31.2 Å². The normalized spacial score (nSPS) is 12.5. The van der Waals surface area contributed by atoms with Crippen molar-refractivity contribution in [2.45, 2.75) is 19.1 Å². The summed E-state index contributed by atoms with van der Waals surface area (Å²) in [6, 6.07) is 7.58.